The molecule has 1 fully saturated rings. The van der Waals surface area contributed by atoms with Gasteiger partial charge in [0.05, 0.1) is 25.8 Å². The zero-order valence-corrected chi connectivity index (χ0v) is 18.2. The minimum atomic E-state index is -0.416. The molecule has 0 radical (unpaired) electrons. The van der Waals surface area contributed by atoms with Crippen LogP contribution in [0.25, 0.3) is 10.9 Å². The Hall–Kier alpha value is -3.19. The van der Waals surface area contributed by atoms with E-state index in [1.54, 1.807) is 30.2 Å². The van der Waals surface area contributed by atoms with Crippen molar-refractivity contribution in [2.75, 3.05) is 32.6 Å². The molecule has 1 unspecified atom stereocenters. The molecule has 1 aromatic heterocycles. The molecule has 1 atom stereocenters. The van der Waals surface area contributed by atoms with E-state index < -0.39 is 5.92 Å². The second kappa shape index (κ2) is 8.89. The predicted octanol–water partition coefficient (Wildman–Crippen LogP) is 3.87. The van der Waals surface area contributed by atoms with E-state index in [2.05, 4.69) is 10.3 Å². The Balaban J connectivity index is 1.40. The van der Waals surface area contributed by atoms with Crippen LogP contribution in [0.15, 0.2) is 42.6 Å². The lowest BCUT2D eigenvalue weighted by atomic mass is 10.1. The van der Waals surface area contributed by atoms with Crippen LogP contribution in [0.2, 0.25) is 5.02 Å². The van der Waals surface area contributed by atoms with Gasteiger partial charge in [0, 0.05) is 47.7 Å². The number of fused-ring (bicyclic) bond motifs is 1. The average molecular weight is 442 g/mol. The van der Waals surface area contributed by atoms with Gasteiger partial charge < -0.3 is 24.7 Å². The van der Waals surface area contributed by atoms with Gasteiger partial charge in [0.1, 0.15) is 11.5 Å². The molecule has 31 heavy (non-hydrogen) atoms. The number of carbonyl (C=O) groups is 2. The first-order valence-electron chi connectivity index (χ1n) is 10.0. The first-order valence-corrected chi connectivity index (χ1v) is 10.4. The molecule has 1 aliphatic rings. The summed E-state index contributed by atoms with van der Waals surface area (Å²) in [7, 11) is 3.10. The highest BCUT2D eigenvalue weighted by atomic mass is 35.5. The Kier molecular flexibility index (Phi) is 6.04. The molecule has 0 bridgehead atoms. The number of ether oxygens (including phenoxy) is 2. The summed E-state index contributed by atoms with van der Waals surface area (Å²) in [6, 6.07) is 10.9. The highest BCUT2D eigenvalue weighted by Crippen LogP contribution is 2.30. The molecule has 1 aliphatic heterocycles. The smallest absolute Gasteiger partial charge is 0.229 e. The van der Waals surface area contributed by atoms with E-state index in [0.717, 1.165) is 16.5 Å². The molecule has 4 rings (SSSR count). The number of nitrogens with zero attached hydrogens (tertiary/aromatic N) is 1. The van der Waals surface area contributed by atoms with Crippen LogP contribution in [0.3, 0.4) is 0 Å². The summed E-state index contributed by atoms with van der Waals surface area (Å²) in [5.74, 6) is 0.505. The summed E-state index contributed by atoms with van der Waals surface area (Å²) in [6.45, 7) is 0.935. The topological polar surface area (TPSA) is 83.7 Å². The number of hydrogen-bond donors (Lipinski definition) is 2. The minimum absolute atomic E-state index is 0.0179. The third-order valence-corrected chi connectivity index (χ3v) is 5.87. The number of anilines is 1. The lowest BCUT2D eigenvalue weighted by Crippen LogP contribution is -2.30. The quantitative estimate of drug-likeness (QED) is 0.583. The van der Waals surface area contributed by atoms with Crippen LogP contribution in [0.4, 0.5) is 5.69 Å². The van der Waals surface area contributed by atoms with Gasteiger partial charge in [-0.25, -0.2) is 0 Å². The van der Waals surface area contributed by atoms with E-state index in [4.69, 9.17) is 21.1 Å². The van der Waals surface area contributed by atoms with E-state index in [1.807, 2.05) is 24.4 Å². The summed E-state index contributed by atoms with van der Waals surface area (Å²) in [5, 5.41) is 4.61. The number of benzene rings is 2. The summed E-state index contributed by atoms with van der Waals surface area (Å²) in [6.07, 6.45) is 2.82. The lowest BCUT2D eigenvalue weighted by molar-refractivity contribution is -0.128. The molecule has 3 aromatic rings. The molecule has 2 amide bonds. The Bertz CT molecular complexity index is 1130. The largest absolute Gasteiger partial charge is 0.497 e. The van der Waals surface area contributed by atoms with E-state index in [9.17, 15) is 9.59 Å². The molecule has 2 N–H and O–H groups in total. The molecule has 1 saturated heterocycles. The normalized spacial score (nSPS) is 16.0. The maximum atomic E-state index is 12.8. The minimum Gasteiger partial charge on any atom is -0.497 e. The van der Waals surface area contributed by atoms with Crippen molar-refractivity contribution in [3.8, 4) is 11.5 Å². The molecular formula is C23H24ClN3O4. The molecule has 2 aromatic carbocycles. The van der Waals surface area contributed by atoms with Crippen molar-refractivity contribution in [2.24, 2.45) is 5.92 Å². The third kappa shape index (κ3) is 4.46. The zero-order chi connectivity index (χ0) is 22.0. The van der Waals surface area contributed by atoms with Crippen LogP contribution >= 0.6 is 11.6 Å². The van der Waals surface area contributed by atoms with Crippen molar-refractivity contribution in [1.82, 2.24) is 9.88 Å². The fourth-order valence-corrected chi connectivity index (χ4v) is 4.10. The van der Waals surface area contributed by atoms with E-state index >= 15 is 0 Å². The first-order chi connectivity index (χ1) is 15.0. The number of halogens is 1. The van der Waals surface area contributed by atoms with Gasteiger partial charge in [-0.1, -0.05) is 11.6 Å². The highest BCUT2D eigenvalue weighted by molar-refractivity contribution is 6.31. The second-order valence-electron chi connectivity index (χ2n) is 7.55. The predicted molar refractivity (Wildman–Crippen MR) is 120 cm³/mol. The molecule has 0 aliphatic carbocycles. The maximum absolute atomic E-state index is 12.8. The van der Waals surface area contributed by atoms with Crippen LogP contribution in [-0.2, 0) is 16.0 Å². The second-order valence-corrected chi connectivity index (χ2v) is 7.99. The van der Waals surface area contributed by atoms with Crippen LogP contribution in [0.1, 0.15) is 12.0 Å². The van der Waals surface area contributed by atoms with E-state index in [0.29, 0.717) is 41.7 Å². The molecule has 2 heterocycles. The summed E-state index contributed by atoms with van der Waals surface area (Å²) >= 11 is 6.12. The van der Waals surface area contributed by atoms with Crippen LogP contribution in [0, 0.1) is 5.92 Å². The highest BCUT2D eigenvalue weighted by Gasteiger charge is 2.34. The van der Waals surface area contributed by atoms with Crippen molar-refractivity contribution in [2.45, 2.75) is 12.8 Å². The van der Waals surface area contributed by atoms with Crippen molar-refractivity contribution < 1.29 is 19.1 Å². The number of rotatable bonds is 7. The standard InChI is InChI=1S/C23H24ClN3O4/c1-30-17-4-6-21(31-2)20(11-17)26-23(29)15-9-22(28)27(13-15)8-7-14-12-25-19-5-3-16(24)10-18(14)19/h3-6,10-12,15,25H,7-9,13H2,1-2H3,(H,26,29). The van der Waals surface area contributed by atoms with Crippen molar-refractivity contribution in [3.05, 3.63) is 53.2 Å². The van der Waals surface area contributed by atoms with Crippen molar-refractivity contribution in [1.29, 1.82) is 0 Å². The molecule has 7 nitrogen and oxygen atoms in total. The van der Waals surface area contributed by atoms with Gasteiger partial charge in [-0.15, -0.1) is 0 Å². The number of nitrogens with one attached hydrogen (secondary N) is 2. The van der Waals surface area contributed by atoms with Gasteiger partial charge in [-0.2, -0.15) is 0 Å². The number of amides is 2. The fourth-order valence-electron chi connectivity index (χ4n) is 3.92. The zero-order valence-electron chi connectivity index (χ0n) is 17.4. The SMILES string of the molecule is COc1ccc(OC)c(NC(=O)C2CC(=O)N(CCc3c[nH]c4ccc(Cl)cc34)C2)c1. The summed E-state index contributed by atoms with van der Waals surface area (Å²) < 4.78 is 10.5. The molecule has 8 heteroatoms. The number of carbonyl (C=O) groups excluding carboxylic acids is 2. The number of likely N-dealkylation sites (tertiary alicyclic amines) is 1. The van der Waals surface area contributed by atoms with Gasteiger partial charge in [-0.3, -0.25) is 9.59 Å². The number of H-pyrrole nitrogens is 1. The lowest BCUT2D eigenvalue weighted by Gasteiger charge is -2.17. The monoisotopic (exact) mass is 441 g/mol. The van der Waals surface area contributed by atoms with Crippen LogP contribution < -0.4 is 14.8 Å². The van der Waals surface area contributed by atoms with Gasteiger partial charge in [-0.05, 0) is 42.3 Å². The van der Waals surface area contributed by atoms with E-state index in [-0.39, 0.29) is 18.2 Å². The summed E-state index contributed by atoms with van der Waals surface area (Å²) in [5.41, 5.74) is 2.63. The fraction of sp³-hybridized carbons (Fsp3) is 0.304. The molecular weight excluding hydrogens is 418 g/mol. The number of aromatic amines is 1. The molecule has 0 spiro atoms. The van der Waals surface area contributed by atoms with Gasteiger partial charge in [0.15, 0.2) is 0 Å². The Morgan fingerprint density at radius 3 is 2.84 bits per heavy atom. The van der Waals surface area contributed by atoms with Gasteiger partial charge >= 0.3 is 0 Å². The average Bonchev–Trinajstić information content (AvgIpc) is 3.34. The Labute approximate surface area is 185 Å². The first kappa shape index (κ1) is 21.1. The van der Waals surface area contributed by atoms with Crippen molar-refractivity contribution >= 4 is 40.0 Å². The molecule has 162 valence electrons. The van der Waals surface area contributed by atoms with Crippen LogP contribution in [-0.4, -0.2) is 49.0 Å². The van der Waals surface area contributed by atoms with E-state index in [1.165, 1.54) is 7.11 Å². The van der Waals surface area contributed by atoms with Crippen LogP contribution in [0.5, 0.6) is 11.5 Å². The Morgan fingerprint density at radius 2 is 2.06 bits per heavy atom. The van der Waals surface area contributed by atoms with Crippen molar-refractivity contribution in [3.63, 3.8) is 0 Å². The maximum Gasteiger partial charge on any atom is 0.229 e. The number of hydrogen-bond acceptors (Lipinski definition) is 4. The molecule has 0 saturated carbocycles. The number of aromatic nitrogens is 1. The summed E-state index contributed by atoms with van der Waals surface area (Å²) in [4.78, 5) is 30.3. The Morgan fingerprint density at radius 1 is 1.23 bits per heavy atom. The van der Waals surface area contributed by atoms with Gasteiger partial charge in [0.2, 0.25) is 11.8 Å². The number of methoxy groups -OCH3 is 2. The third-order valence-electron chi connectivity index (χ3n) is 5.63. The van der Waals surface area contributed by atoms with Gasteiger partial charge in [0.25, 0.3) is 0 Å².